The van der Waals surface area contributed by atoms with Crippen LogP contribution in [0.5, 0.6) is 11.5 Å². The Balaban J connectivity index is 1.37. The molecule has 212 valence electrons. The van der Waals surface area contributed by atoms with Crippen LogP contribution in [0.1, 0.15) is 50.0 Å². The number of nitrogens with zero attached hydrogens (tertiary/aromatic N) is 3. The predicted octanol–water partition coefficient (Wildman–Crippen LogP) is 4.69. The molecule has 6 rings (SSSR count). The number of carbonyl (C=O) groups excluding carboxylic acids is 1. The Morgan fingerprint density at radius 1 is 1.12 bits per heavy atom. The lowest BCUT2D eigenvalue weighted by Gasteiger charge is -2.41. The summed E-state index contributed by atoms with van der Waals surface area (Å²) in [4.78, 5) is 37.0. The fourth-order valence-corrected chi connectivity index (χ4v) is 5.65. The van der Waals surface area contributed by atoms with Crippen LogP contribution < -0.4 is 31.0 Å². The van der Waals surface area contributed by atoms with Crippen molar-refractivity contribution in [2.24, 2.45) is 0 Å². The van der Waals surface area contributed by atoms with E-state index in [0.29, 0.717) is 29.2 Å². The molecule has 0 spiro atoms. The fraction of sp³-hybridized carbons (Fsp3) is 0.355. The third-order valence-electron chi connectivity index (χ3n) is 7.54. The van der Waals surface area contributed by atoms with Crippen LogP contribution >= 0.6 is 0 Å². The first-order chi connectivity index (χ1) is 19.8. The topological polar surface area (TPSA) is 119 Å². The number of para-hydroxylation sites is 1. The zero-order valence-corrected chi connectivity index (χ0v) is 23.4. The maximum atomic E-state index is 13.9. The molecule has 2 aromatic heterocycles. The smallest absolute Gasteiger partial charge is 0.295 e. The van der Waals surface area contributed by atoms with Gasteiger partial charge in [-0.2, -0.15) is 4.98 Å². The number of anilines is 3. The quantitative estimate of drug-likeness (QED) is 0.299. The van der Waals surface area contributed by atoms with Crippen LogP contribution in [0, 0.1) is 0 Å². The Hall–Kier alpha value is -4.44. The van der Waals surface area contributed by atoms with E-state index in [4.69, 9.17) is 14.5 Å². The van der Waals surface area contributed by atoms with Crippen molar-refractivity contribution in [2.45, 2.75) is 51.3 Å². The van der Waals surface area contributed by atoms with E-state index in [1.54, 1.807) is 18.3 Å². The van der Waals surface area contributed by atoms with Gasteiger partial charge in [-0.05, 0) is 82.6 Å². The molecular weight excluding hydrogens is 520 g/mol. The second kappa shape index (κ2) is 10.9. The van der Waals surface area contributed by atoms with E-state index in [-0.39, 0.29) is 17.6 Å². The lowest BCUT2D eigenvalue weighted by molar-refractivity contribution is 0.0875. The molecule has 10 nitrogen and oxygen atoms in total. The molecule has 0 aliphatic carbocycles. The van der Waals surface area contributed by atoms with Gasteiger partial charge in [-0.15, -0.1) is 0 Å². The van der Waals surface area contributed by atoms with Gasteiger partial charge >= 0.3 is 0 Å². The number of hydrogen-bond donors (Lipinski definition) is 3. The van der Waals surface area contributed by atoms with Crippen LogP contribution in [-0.2, 0) is 0 Å². The summed E-state index contributed by atoms with van der Waals surface area (Å²) in [7, 11) is 0. The van der Waals surface area contributed by atoms with Gasteiger partial charge in [0, 0.05) is 35.1 Å². The first kappa shape index (κ1) is 26.8. The van der Waals surface area contributed by atoms with Crippen molar-refractivity contribution in [3.05, 3.63) is 76.7 Å². The van der Waals surface area contributed by atoms with E-state index < -0.39 is 17.1 Å². The van der Waals surface area contributed by atoms with Crippen molar-refractivity contribution >= 4 is 34.1 Å². The molecule has 2 aliphatic rings. The average molecular weight is 555 g/mol. The van der Waals surface area contributed by atoms with Crippen molar-refractivity contribution in [2.75, 3.05) is 30.3 Å². The van der Waals surface area contributed by atoms with E-state index in [1.807, 2.05) is 63.2 Å². The van der Waals surface area contributed by atoms with E-state index in [0.717, 1.165) is 43.1 Å². The van der Waals surface area contributed by atoms with E-state index in [2.05, 4.69) is 20.9 Å². The highest BCUT2D eigenvalue weighted by Gasteiger charge is 2.44. The lowest BCUT2D eigenvalue weighted by atomic mass is 9.82. The van der Waals surface area contributed by atoms with Crippen LogP contribution in [0.25, 0.3) is 11.0 Å². The molecule has 1 fully saturated rings. The summed E-state index contributed by atoms with van der Waals surface area (Å²) >= 11 is 0. The van der Waals surface area contributed by atoms with Gasteiger partial charge < -0.3 is 25.4 Å². The Labute approximate surface area is 238 Å². The number of rotatable bonds is 7. The minimum Gasteiger partial charge on any atom is -0.489 e. The third kappa shape index (κ3) is 5.22. The predicted molar refractivity (Wildman–Crippen MR) is 159 cm³/mol. The largest absolute Gasteiger partial charge is 0.489 e. The summed E-state index contributed by atoms with van der Waals surface area (Å²) < 4.78 is 13.2. The highest BCUT2D eigenvalue weighted by atomic mass is 16.5. The highest BCUT2D eigenvalue weighted by molar-refractivity contribution is 6.07. The molecule has 4 heterocycles. The zero-order valence-electron chi connectivity index (χ0n) is 23.4. The summed E-state index contributed by atoms with van der Waals surface area (Å²) in [5.74, 6) is 1.08. The number of benzene rings is 2. The molecule has 4 aromatic rings. The number of piperidine rings is 1. The summed E-state index contributed by atoms with van der Waals surface area (Å²) in [6.07, 6.45) is 3.94. The molecular formula is C31H34N6O4. The Bertz CT molecular complexity index is 1640. The van der Waals surface area contributed by atoms with Crippen LogP contribution in [0.15, 0.2) is 65.6 Å². The maximum Gasteiger partial charge on any atom is 0.295 e. The third-order valence-corrected chi connectivity index (χ3v) is 7.54. The maximum absolute atomic E-state index is 13.9. The molecule has 3 N–H and O–H groups in total. The van der Waals surface area contributed by atoms with Gasteiger partial charge in [0.05, 0.1) is 12.1 Å². The van der Waals surface area contributed by atoms with Gasteiger partial charge in [0.25, 0.3) is 5.56 Å². The first-order valence-electron chi connectivity index (χ1n) is 14.0. The number of aromatic nitrogens is 3. The van der Waals surface area contributed by atoms with Gasteiger partial charge in [0.15, 0.2) is 11.5 Å². The summed E-state index contributed by atoms with van der Waals surface area (Å²) in [6.45, 7) is 7.81. The van der Waals surface area contributed by atoms with Gasteiger partial charge in [0.1, 0.15) is 23.5 Å². The van der Waals surface area contributed by atoms with Crippen molar-refractivity contribution in [1.82, 2.24) is 19.9 Å². The summed E-state index contributed by atoms with van der Waals surface area (Å²) in [5.41, 5.74) is 1.15. The van der Waals surface area contributed by atoms with Gasteiger partial charge in [-0.25, -0.2) is 4.98 Å². The second-order valence-corrected chi connectivity index (χ2v) is 11.0. The minimum atomic E-state index is -0.874. The number of fused-ring (bicyclic) bond motifs is 2. The van der Waals surface area contributed by atoms with Crippen LogP contribution in [0.4, 0.5) is 17.3 Å². The standard InChI is InChI=1S/C31H34N6O4/c1-4-40-25-16-19-17-33-30(34-20-11-13-21(14-12-20)41-22-8-7-15-32-18-22)35-28(19)37(29(25)39)27-26(38)23-9-5-6-10-24(23)36-31(27,2)3/h5-6,9-14,16-17,22,27,32,36H,4,7-8,15,18H2,1-3H3,(H,33,34,35). The zero-order chi connectivity index (χ0) is 28.6. The fourth-order valence-electron chi connectivity index (χ4n) is 5.65. The molecule has 0 bridgehead atoms. The molecule has 0 radical (unpaired) electrons. The molecule has 1 saturated heterocycles. The highest BCUT2D eigenvalue weighted by Crippen LogP contribution is 2.38. The van der Waals surface area contributed by atoms with E-state index in [9.17, 15) is 9.59 Å². The van der Waals surface area contributed by atoms with Gasteiger partial charge in [-0.3, -0.25) is 14.2 Å². The average Bonchev–Trinajstić information content (AvgIpc) is 2.96. The summed E-state index contributed by atoms with van der Waals surface area (Å²) in [6, 6.07) is 15.7. The SMILES string of the molecule is CCOc1cc2cnc(Nc3ccc(OC4CCCNC4)cc3)nc2n(C2C(=O)c3ccccc3NC2(C)C)c1=O. The molecule has 10 heteroatoms. The van der Waals surface area contributed by atoms with Crippen LogP contribution in [0.2, 0.25) is 0 Å². The molecule has 0 amide bonds. The molecule has 2 aromatic carbocycles. The van der Waals surface area contributed by atoms with Gasteiger partial charge in [0.2, 0.25) is 5.95 Å². The number of hydrogen-bond acceptors (Lipinski definition) is 9. The first-order valence-corrected chi connectivity index (χ1v) is 14.0. The Morgan fingerprint density at radius 2 is 1.93 bits per heavy atom. The second-order valence-electron chi connectivity index (χ2n) is 11.0. The van der Waals surface area contributed by atoms with E-state index >= 15 is 0 Å². The number of ketones is 1. The molecule has 0 saturated carbocycles. The van der Waals surface area contributed by atoms with Crippen molar-refractivity contribution < 1.29 is 14.3 Å². The van der Waals surface area contributed by atoms with Crippen LogP contribution in [0.3, 0.4) is 0 Å². The number of ether oxygens (including phenoxy) is 2. The van der Waals surface area contributed by atoms with Crippen molar-refractivity contribution in [1.29, 1.82) is 0 Å². The number of pyridine rings is 1. The monoisotopic (exact) mass is 554 g/mol. The lowest BCUT2D eigenvalue weighted by Crippen LogP contribution is -2.51. The van der Waals surface area contributed by atoms with Crippen LogP contribution in [-0.4, -0.2) is 51.7 Å². The summed E-state index contributed by atoms with van der Waals surface area (Å²) in [5, 5.41) is 10.6. The number of carbonyl (C=O) groups is 1. The molecule has 2 aliphatic heterocycles. The normalized spacial score (nSPS) is 19.7. The van der Waals surface area contributed by atoms with E-state index in [1.165, 1.54) is 4.57 Å². The Morgan fingerprint density at radius 3 is 2.68 bits per heavy atom. The molecule has 41 heavy (non-hydrogen) atoms. The van der Waals surface area contributed by atoms with Crippen molar-refractivity contribution in [3.63, 3.8) is 0 Å². The molecule has 2 unspecified atom stereocenters. The number of nitrogens with one attached hydrogen (secondary N) is 3. The van der Waals surface area contributed by atoms with Gasteiger partial charge in [-0.1, -0.05) is 12.1 Å². The van der Waals surface area contributed by atoms with Crippen molar-refractivity contribution in [3.8, 4) is 11.5 Å². The minimum absolute atomic E-state index is 0.149. The number of Topliss-reactive ketones (excluding diaryl/α,β-unsaturated/α-hetero) is 1. The Kier molecular flexibility index (Phi) is 7.08. The molecule has 2 atom stereocenters.